The number of allylic oxidation sites excluding steroid dienone is 1. The first-order chi connectivity index (χ1) is 13.0. The number of hydrogen-bond donors (Lipinski definition) is 3. The number of amides is 1. The van der Waals surface area contributed by atoms with Gasteiger partial charge < -0.3 is 15.8 Å². The van der Waals surface area contributed by atoms with Crippen LogP contribution in [0.25, 0.3) is 0 Å². The van der Waals surface area contributed by atoms with Crippen molar-refractivity contribution in [2.45, 2.75) is 40.0 Å². The van der Waals surface area contributed by atoms with Crippen LogP contribution in [-0.2, 0) is 5.41 Å². The number of methoxy groups -OCH3 is 1. The molecule has 2 aromatic carbocycles. The number of rotatable bonds is 5. The van der Waals surface area contributed by atoms with E-state index in [-0.39, 0.29) is 11.3 Å². The second kappa shape index (κ2) is 8.35. The summed E-state index contributed by atoms with van der Waals surface area (Å²) in [4.78, 5) is 12.9. The zero-order valence-electron chi connectivity index (χ0n) is 17.5. The number of hydrogen-bond acceptors (Lipinski definition) is 5. The van der Waals surface area contributed by atoms with Gasteiger partial charge in [-0.3, -0.25) is 9.80 Å². The standard InChI is InChI=1S/C22H30N4O2/c1-14-7-8-16(11-19(14)26(24)13-15(2)23)21(27)25-18-12-17(22(3,4)5)9-10-20(18)28-6/h7-13H,23-24H2,1-6H3,(H,25,27)/b15-13-. The molecule has 0 saturated heterocycles. The molecular formula is C22H30N4O2. The third-order valence-corrected chi connectivity index (χ3v) is 4.41. The number of aryl methyl sites for hydroxylation is 1. The SMILES string of the molecule is COc1ccc(C(C)(C)C)cc1NC(=O)c1ccc(C)c(N(N)/C=C(/C)N)c1. The summed E-state index contributed by atoms with van der Waals surface area (Å²) in [5, 5.41) is 4.37. The van der Waals surface area contributed by atoms with E-state index in [2.05, 4.69) is 26.1 Å². The molecule has 2 aromatic rings. The summed E-state index contributed by atoms with van der Waals surface area (Å²) in [6, 6.07) is 11.2. The van der Waals surface area contributed by atoms with Crippen LogP contribution >= 0.6 is 0 Å². The molecule has 1 amide bonds. The Morgan fingerprint density at radius 2 is 1.86 bits per heavy atom. The molecule has 0 bridgehead atoms. The number of ether oxygens (including phenoxy) is 1. The summed E-state index contributed by atoms with van der Waals surface area (Å²) in [6.45, 7) is 10.0. The van der Waals surface area contributed by atoms with Gasteiger partial charge in [0.25, 0.3) is 5.91 Å². The first-order valence-electron chi connectivity index (χ1n) is 9.11. The maximum atomic E-state index is 12.9. The first-order valence-corrected chi connectivity index (χ1v) is 9.11. The van der Waals surface area contributed by atoms with Crippen molar-refractivity contribution in [3.05, 3.63) is 65.0 Å². The van der Waals surface area contributed by atoms with Crippen molar-refractivity contribution >= 4 is 17.3 Å². The molecule has 0 aromatic heterocycles. The predicted molar refractivity (Wildman–Crippen MR) is 115 cm³/mol. The van der Waals surface area contributed by atoms with Gasteiger partial charge in [0.05, 0.1) is 18.5 Å². The average Bonchev–Trinajstić information content (AvgIpc) is 2.60. The van der Waals surface area contributed by atoms with Gasteiger partial charge in [0.2, 0.25) is 0 Å². The lowest BCUT2D eigenvalue weighted by Gasteiger charge is -2.21. The van der Waals surface area contributed by atoms with Crippen molar-refractivity contribution in [1.29, 1.82) is 0 Å². The van der Waals surface area contributed by atoms with E-state index in [9.17, 15) is 4.79 Å². The van der Waals surface area contributed by atoms with E-state index in [4.69, 9.17) is 16.3 Å². The van der Waals surface area contributed by atoms with Crippen LogP contribution in [0.2, 0.25) is 0 Å². The van der Waals surface area contributed by atoms with E-state index in [1.54, 1.807) is 32.4 Å². The summed E-state index contributed by atoms with van der Waals surface area (Å²) in [7, 11) is 1.58. The molecule has 0 aliphatic heterocycles. The maximum Gasteiger partial charge on any atom is 0.255 e. The number of benzene rings is 2. The Kier molecular flexibility index (Phi) is 6.36. The van der Waals surface area contributed by atoms with E-state index >= 15 is 0 Å². The Balaban J connectivity index is 2.37. The van der Waals surface area contributed by atoms with Crippen molar-refractivity contribution in [3.8, 4) is 5.75 Å². The number of hydrazine groups is 1. The monoisotopic (exact) mass is 382 g/mol. The molecule has 0 aliphatic carbocycles. The second-order valence-corrected chi connectivity index (χ2v) is 7.90. The highest BCUT2D eigenvalue weighted by molar-refractivity contribution is 6.05. The average molecular weight is 383 g/mol. The quantitative estimate of drug-likeness (QED) is 0.536. The molecule has 0 spiro atoms. The summed E-state index contributed by atoms with van der Waals surface area (Å²) >= 11 is 0. The zero-order valence-corrected chi connectivity index (χ0v) is 17.5. The van der Waals surface area contributed by atoms with Crippen LogP contribution in [0.4, 0.5) is 11.4 Å². The van der Waals surface area contributed by atoms with Crippen LogP contribution in [-0.4, -0.2) is 13.0 Å². The molecule has 0 aliphatic rings. The van der Waals surface area contributed by atoms with Gasteiger partial charge in [0.1, 0.15) is 5.75 Å². The van der Waals surface area contributed by atoms with Gasteiger partial charge in [0, 0.05) is 17.5 Å². The van der Waals surface area contributed by atoms with Crippen molar-refractivity contribution in [2.75, 3.05) is 17.4 Å². The fourth-order valence-electron chi connectivity index (χ4n) is 2.78. The fourth-order valence-corrected chi connectivity index (χ4v) is 2.78. The third kappa shape index (κ3) is 5.04. The molecule has 2 rings (SSSR count). The summed E-state index contributed by atoms with van der Waals surface area (Å²) in [5.41, 5.74) is 10.1. The molecule has 0 unspecified atom stereocenters. The summed E-state index contributed by atoms with van der Waals surface area (Å²) in [6.07, 6.45) is 1.61. The Hall–Kier alpha value is -2.99. The normalized spacial score (nSPS) is 11.9. The van der Waals surface area contributed by atoms with Crippen molar-refractivity contribution in [2.24, 2.45) is 11.6 Å². The first kappa shape index (κ1) is 21.3. The van der Waals surface area contributed by atoms with Gasteiger partial charge in [-0.2, -0.15) is 0 Å². The highest BCUT2D eigenvalue weighted by atomic mass is 16.5. The number of carbonyl (C=O) groups is 1. The molecule has 0 atom stereocenters. The Labute approximate surface area is 167 Å². The lowest BCUT2D eigenvalue weighted by molar-refractivity contribution is 0.102. The summed E-state index contributed by atoms with van der Waals surface area (Å²) in [5.74, 6) is 6.42. The largest absolute Gasteiger partial charge is 0.495 e. The van der Waals surface area contributed by atoms with Crippen LogP contribution in [0.3, 0.4) is 0 Å². The number of anilines is 2. The summed E-state index contributed by atoms with van der Waals surface area (Å²) < 4.78 is 5.41. The molecular weight excluding hydrogens is 352 g/mol. The minimum absolute atomic E-state index is 0.0464. The maximum absolute atomic E-state index is 12.9. The number of nitrogens with zero attached hydrogens (tertiary/aromatic N) is 1. The van der Waals surface area contributed by atoms with E-state index in [1.807, 2.05) is 31.2 Å². The van der Waals surface area contributed by atoms with Crippen molar-refractivity contribution in [1.82, 2.24) is 0 Å². The second-order valence-electron chi connectivity index (χ2n) is 7.90. The van der Waals surface area contributed by atoms with Gasteiger partial charge in [-0.15, -0.1) is 0 Å². The molecule has 150 valence electrons. The van der Waals surface area contributed by atoms with Gasteiger partial charge in [-0.1, -0.05) is 32.9 Å². The topological polar surface area (TPSA) is 93.6 Å². The Morgan fingerprint density at radius 3 is 2.43 bits per heavy atom. The van der Waals surface area contributed by atoms with Crippen LogP contribution in [0.15, 0.2) is 48.3 Å². The van der Waals surface area contributed by atoms with Crippen LogP contribution in [0.1, 0.15) is 49.2 Å². The van der Waals surface area contributed by atoms with Crippen LogP contribution in [0.5, 0.6) is 5.75 Å². The van der Waals surface area contributed by atoms with Gasteiger partial charge in [0.15, 0.2) is 0 Å². The lowest BCUT2D eigenvalue weighted by atomic mass is 9.87. The molecule has 0 radical (unpaired) electrons. The lowest BCUT2D eigenvalue weighted by Crippen LogP contribution is -2.27. The predicted octanol–water partition coefficient (Wildman–Crippen LogP) is 4.05. The van der Waals surface area contributed by atoms with Gasteiger partial charge in [-0.05, 0) is 54.7 Å². The van der Waals surface area contributed by atoms with E-state index in [0.717, 1.165) is 11.1 Å². The molecule has 6 heteroatoms. The van der Waals surface area contributed by atoms with E-state index in [1.165, 1.54) is 5.01 Å². The van der Waals surface area contributed by atoms with E-state index < -0.39 is 0 Å². The molecule has 5 N–H and O–H groups in total. The van der Waals surface area contributed by atoms with Crippen LogP contribution in [0, 0.1) is 6.92 Å². The molecule has 28 heavy (non-hydrogen) atoms. The number of nitrogens with two attached hydrogens (primary N) is 2. The van der Waals surface area contributed by atoms with Crippen molar-refractivity contribution < 1.29 is 9.53 Å². The van der Waals surface area contributed by atoms with Crippen molar-refractivity contribution in [3.63, 3.8) is 0 Å². The minimum Gasteiger partial charge on any atom is -0.495 e. The number of nitrogens with one attached hydrogen (secondary N) is 1. The Bertz CT molecular complexity index is 894. The van der Waals surface area contributed by atoms with Gasteiger partial charge in [-0.25, -0.2) is 5.84 Å². The highest BCUT2D eigenvalue weighted by Gasteiger charge is 2.18. The third-order valence-electron chi connectivity index (χ3n) is 4.41. The minimum atomic E-state index is -0.243. The highest BCUT2D eigenvalue weighted by Crippen LogP contribution is 2.32. The number of carbonyl (C=O) groups excluding carboxylic acids is 1. The molecule has 0 heterocycles. The zero-order chi connectivity index (χ0) is 21.1. The molecule has 6 nitrogen and oxygen atoms in total. The smallest absolute Gasteiger partial charge is 0.255 e. The van der Waals surface area contributed by atoms with Gasteiger partial charge >= 0.3 is 0 Å². The Morgan fingerprint density at radius 1 is 1.18 bits per heavy atom. The van der Waals surface area contributed by atoms with Crippen LogP contribution < -0.4 is 26.6 Å². The van der Waals surface area contributed by atoms with E-state index in [0.29, 0.717) is 28.4 Å². The molecule has 0 saturated carbocycles. The molecule has 0 fully saturated rings. The fraction of sp³-hybridized carbons (Fsp3) is 0.318.